The second-order valence-corrected chi connectivity index (χ2v) is 4.64. The Kier molecular flexibility index (Phi) is 3.33. The third kappa shape index (κ3) is 2.53. The molecular weight excluding hydrogens is 240 g/mol. The maximum atomic E-state index is 12.1. The van der Waals surface area contributed by atoms with Gasteiger partial charge in [0.1, 0.15) is 11.8 Å². The Bertz CT molecular complexity index is 628. The van der Waals surface area contributed by atoms with E-state index in [2.05, 4.69) is 16.7 Å². The lowest BCUT2D eigenvalue weighted by Gasteiger charge is -2.14. The molecule has 1 aliphatic heterocycles. The lowest BCUT2D eigenvalue weighted by atomic mass is 10.1. The quantitative estimate of drug-likeness (QED) is 0.827. The van der Waals surface area contributed by atoms with Crippen molar-refractivity contribution in [3.05, 3.63) is 47.7 Å². The van der Waals surface area contributed by atoms with Crippen LogP contribution in [0.15, 0.2) is 46.6 Å². The molecule has 0 radical (unpaired) electrons. The van der Waals surface area contributed by atoms with Crippen LogP contribution in [0.2, 0.25) is 0 Å². The van der Waals surface area contributed by atoms with E-state index in [4.69, 9.17) is 4.42 Å². The number of nitrogens with one attached hydrogen (secondary N) is 2. The number of carbonyl (C=O) groups excluding carboxylic acids is 1. The van der Waals surface area contributed by atoms with Gasteiger partial charge in [-0.2, -0.15) is 0 Å². The molecule has 3 rings (SSSR count). The summed E-state index contributed by atoms with van der Waals surface area (Å²) in [6, 6.07) is 7.57. The third-order valence-electron chi connectivity index (χ3n) is 3.36. The Morgan fingerprint density at radius 2 is 2.26 bits per heavy atom. The number of amides is 1. The molecule has 0 fully saturated rings. The molecule has 2 N–H and O–H groups in total. The molecule has 1 aliphatic rings. The number of hydrogen-bond donors (Lipinski definition) is 2. The van der Waals surface area contributed by atoms with Gasteiger partial charge in [0, 0.05) is 18.5 Å². The summed E-state index contributed by atoms with van der Waals surface area (Å²) in [5.41, 5.74) is 2.62. The van der Waals surface area contributed by atoms with E-state index in [-0.39, 0.29) is 5.91 Å². The summed E-state index contributed by atoms with van der Waals surface area (Å²) < 4.78 is 5.38. The van der Waals surface area contributed by atoms with Gasteiger partial charge in [0.2, 0.25) is 0 Å². The maximum Gasteiger partial charge on any atom is 0.255 e. The van der Waals surface area contributed by atoms with Crippen molar-refractivity contribution in [2.24, 2.45) is 0 Å². The fourth-order valence-electron chi connectivity index (χ4n) is 2.27. The van der Waals surface area contributed by atoms with Gasteiger partial charge in [-0.25, -0.2) is 0 Å². The number of rotatable bonds is 3. The number of furan rings is 1. The molecule has 1 amide bonds. The molecule has 2 aromatic rings. The predicted octanol–water partition coefficient (Wildman–Crippen LogP) is 2.08. The summed E-state index contributed by atoms with van der Waals surface area (Å²) >= 11 is 0. The fraction of sp³-hybridized carbons (Fsp3) is 0.267. The summed E-state index contributed by atoms with van der Waals surface area (Å²) in [4.78, 5) is 12.1. The molecule has 0 bridgehead atoms. The van der Waals surface area contributed by atoms with E-state index in [1.807, 2.05) is 24.3 Å². The Hall–Kier alpha value is -2.07. The van der Waals surface area contributed by atoms with Crippen molar-refractivity contribution >= 4 is 16.9 Å². The molecule has 1 aromatic heterocycles. The van der Waals surface area contributed by atoms with Gasteiger partial charge in [-0.3, -0.25) is 4.79 Å². The first-order valence-electron chi connectivity index (χ1n) is 6.47. The van der Waals surface area contributed by atoms with Gasteiger partial charge in [0.05, 0.1) is 5.56 Å². The molecule has 0 aliphatic carbocycles. The van der Waals surface area contributed by atoms with Gasteiger partial charge >= 0.3 is 0 Å². The zero-order valence-electron chi connectivity index (χ0n) is 10.6. The highest BCUT2D eigenvalue weighted by molar-refractivity contribution is 6.05. The minimum Gasteiger partial charge on any atom is -0.463 e. The minimum atomic E-state index is -0.0793. The van der Waals surface area contributed by atoms with Crippen LogP contribution >= 0.6 is 0 Å². The van der Waals surface area contributed by atoms with Crippen molar-refractivity contribution in [3.8, 4) is 0 Å². The van der Waals surface area contributed by atoms with Crippen molar-refractivity contribution < 1.29 is 9.21 Å². The first-order valence-corrected chi connectivity index (χ1v) is 6.47. The first kappa shape index (κ1) is 12.0. The molecule has 98 valence electrons. The van der Waals surface area contributed by atoms with Crippen LogP contribution in [-0.2, 0) is 0 Å². The molecular formula is C15H16N2O2. The number of fused-ring (bicyclic) bond motifs is 1. The van der Waals surface area contributed by atoms with E-state index in [0.717, 1.165) is 30.5 Å². The summed E-state index contributed by atoms with van der Waals surface area (Å²) in [7, 11) is 0. The zero-order chi connectivity index (χ0) is 13.1. The molecule has 0 unspecified atom stereocenters. The van der Waals surface area contributed by atoms with E-state index in [1.165, 1.54) is 11.8 Å². The van der Waals surface area contributed by atoms with Crippen LogP contribution in [0.3, 0.4) is 0 Å². The third-order valence-corrected chi connectivity index (χ3v) is 3.36. The second kappa shape index (κ2) is 5.28. The zero-order valence-corrected chi connectivity index (χ0v) is 10.6. The smallest absolute Gasteiger partial charge is 0.255 e. The number of carbonyl (C=O) groups is 1. The molecule has 19 heavy (non-hydrogen) atoms. The van der Waals surface area contributed by atoms with Crippen molar-refractivity contribution in [1.82, 2.24) is 10.6 Å². The van der Waals surface area contributed by atoms with Crippen LogP contribution in [0.25, 0.3) is 11.0 Å². The Morgan fingerprint density at radius 3 is 3.11 bits per heavy atom. The normalized spacial score (nSPS) is 15.3. The highest BCUT2D eigenvalue weighted by Crippen LogP contribution is 2.20. The topological polar surface area (TPSA) is 54.3 Å². The molecule has 1 aromatic carbocycles. The fourth-order valence-corrected chi connectivity index (χ4v) is 2.27. The molecule has 4 nitrogen and oxygen atoms in total. The molecule has 4 heteroatoms. The van der Waals surface area contributed by atoms with Gasteiger partial charge in [0.25, 0.3) is 5.91 Å². The van der Waals surface area contributed by atoms with Crippen molar-refractivity contribution in [1.29, 1.82) is 0 Å². The number of hydrogen-bond acceptors (Lipinski definition) is 3. The van der Waals surface area contributed by atoms with E-state index in [0.29, 0.717) is 12.1 Å². The average Bonchev–Trinajstić information content (AvgIpc) is 2.90. The van der Waals surface area contributed by atoms with Crippen LogP contribution in [0.4, 0.5) is 0 Å². The predicted molar refractivity (Wildman–Crippen MR) is 74.1 cm³/mol. The van der Waals surface area contributed by atoms with Crippen molar-refractivity contribution in [2.75, 3.05) is 19.6 Å². The van der Waals surface area contributed by atoms with Gasteiger partial charge in [-0.15, -0.1) is 0 Å². The number of benzene rings is 1. The summed E-state index contributed by atoms with van der Waals surface area (Å²) in [5.74, 6) is -0.0793. The number of para-hydroxylation sites is 1. The molecule has 0 saturated carbocycles. The van der Waals surface area contributed by atoms with Gasteiger partial charge in [-0.05, 0) is 19.0 Å². The van der Waals surface area contributed by atoms with Gasteiger partial charge < -0.3 is 15.1 Å². The van der Waals surface area contributed by atoms with Crippen LogP contribution in [-0.4, -0.2) is 25.5 Å². The van der Waals surface area contributed by atoms with Crippen LogP contribution in [0.1, 0.15) is 16.8 Å². The first-order chi connectivity index (χ1) is 9.34. The summed E-state index contributed by atoms with van der Waals surface area (Å²) in [6.07, 6.45) is 4.65. The SMILES string of the molecule is O=C(NCC1=CCNCC1)c1coc2ccccc12. The highest BCUT2D eigenvalue weighted by Gasteiger charge is 2.13. The van der Waals surface area contributed by atoms with Crippen LogP contribution in [0.5, 0.6) is 0 Å². The Balaban J connectivity index is 1.71. The monoisotopic (exact) mass is 256 g/mol. The average molecular weight is 256 g/mol. The van der Waals surface area contributed by atoms with E-state index >= 15 is 0 Å². The summed E-state index contributed by atoms with van der Waals surface area (Å²) in [6.45, 7) is 2.48. The Labute approximate surface area is 111 Å². The van der Waals surface area contributed by atoms with Gasteiger partial charge in [-0.1, -0.05) is 29.8 Å². The van der Waals surface area contributed by atoms with Crippen LogP contribution in [0, 0.1) is 0 Å². The summed E-state index contributed by atoms with van der Waals surface area (Å²) in [5, 5.41) is 7.06. The minimum absolute atomic E-state index is 0.0793. The highest BCUT2D eigenvalue weighted by atomic mass is 16.3. The van der Waals surface area contributed by atoms with E-state index in [1.54, 1.807) is 0 Å². The maximum absolute atomic E-state index is 12.1. The second-order valence-electron chi connectivity index (χ2n) is 4.64. The lowest BCUT2D eigenvalue weighted by molar-refractivity contribution is 0.0957. The van der Waals surface area contributed by atoms with E-state index < -0.39 is 0 Å². The molecule has 0 saturated heterocycles. The van der Waals surface area contributed by atoms with Gasteiger partial charge in [0.15, 0.2) is 0 Å². The molecule has 0 atom stereocenters. The largest absolute Gasteiger partial charge is 0.463 e. The standard InChI is InChI=1S/C15H16N2O2/c18-15(17-9-11-5-7-16-8-6-11)13-10-19-14-4-2-1-3-12(13)14/h1-5,10,16H,6-9H2,(H,17,18). The van der Waals surface area contributed by atoms with Crippen LogP contribution < -0.4 is 10.6 Å². The van der Waals surface area contributed by atoms with Crippen molar-refractivity contribution in [2.45, 2.75) is 6.42 Å². The molecule has 2 heterocycles. The van der Waals surface area contributed by atoms with Crippen molar-refractivity contribution in [3.63, 3.8) is 0 Å². The Morgan fingerprint density at radius 1 is 1.37 bits per heavy atom. The van der Waals surface area contributed by atoms with E-state index in [9.17, 15) is 4.79 Å². The molecule has 0 spiro atoms. The lowest BCUT2D eigenvalue weighted by Crippen LogP contribution is -2.29.